The minimum atomic E-state index is 0.377. The maximum atomic E-state index is 6.00. The standard InChI is InChI=1S/C17H15Cl2N5/c1-11-2-4-12(5-3-11)9-20-16-10-21-24-17(23-16)22-13-6-7-14(18)15(19)8-13/h2-8,10H,9H2,1H3,(H2,20,22,23,24). The van der Waals surface area contributed by atoms with Gasteiger partial charge in [0.15, 0.2) is 5.82 Å². The number of halogens is 2. The van der Waals surface area contributed by atoms with Gasteiger partial charge in [-0.3, -0.25) is 0 Å². The first kappa shape index (κ1) is 16.5. The second kappa shape index (κ2) is 7.47. The molecule has 2 aromatic carbocycles. The highest BCUT2D eigenvalue weighted by atomic mass is 35.5. The molecule has 0 bridgehead atoms. The zero-order chi connectivity index (χ0) is 16.9. The molecule has 7 heteroatoms. The third kappa shape index (κ3) is 4.34. The molecule has 0 aliphatic carbocycles. The first-order valence-electron chi connectivity index (χ1n) is 7.31. The highest BCUT2D eigenvalue weighted by Gasteiger charge is 2.04. The number of aromatic nitrogens is 3. The Morgan fingerprint density at radius 2 is 1.79 bits per heavy atom. The summed E-state index contributed by atoms with van der Waals surface area (Å²) in [5.74, 6) is 1.01. The van der Waals surface area contributed by atoms with Gasteiger partial charge in [0.1, 0.15) is 0 Å². The van der Waals surface area contributed by atoms with Crippen LogP contribution in [0.25, 0.3) is 0 Å². The number of aryl methyl sites for hydroxylation is 1. The molecule has 1 aromatic heterocycles. The van der Waals surface area contributed by atoms with Crippen molar-refractivity contribution in [3.05, 3.63) is 69.8 Å². The van der Waals surface area contributed by atoms with Gasteiger partial charge in [-0.2, -0.15) is 10.1 Å². The molecule has 0 spiro atoms. The van der Waals surface area contributed by atoms with Crippen molar-refractivity contribution in [3.63, 3.8) is 0 Å². The Bertz CT molecular complexity index is 837. The van der Waals surface area contributed by atoms with Gasteiger partial charge in [0.25, 0.3) is 0 Å². The Morgan fingerprint density at radius 1 is 1.00 bits per heavy atom. The predicted molar refractivity (Wildman–Crippen MR) is 98.1 cm³/mol. The molecule has 0 unspecified atom stereocenters. The molecule has 0 saturated heterocycles. The lowest BCUT2D eigenvalue weighted by molar-refractivity contribution is 0.966. The SMILES string of the molecule is Cc1ccc(CNc2cnnc(Nc3ccc(Cl)c(Cl)c3)n2)cc1. The highest BCUT2D eigenvalue weighted by molar-refractivity contribution is 6.42. The van der Waals surface area contributed by atoms with Crippen LogP contribution in [0.5, 0.6) is 0 Å². The molecule has 0 amide bonds. The van der Waals surface area contributed by atoms with E-state index in [0.29, 0.717) is 28.4 Å². The second-order valence-corrected chi connectivity index (χ2v) is 6.07. The molecule has 1 heterocycles. The van der Waals surface area contributed by atoms with Crippen molar-refractivity contribution < 1.29 is 0 Å². The lowest BCUT2D eigenvalue weighted by Crippen LogP contribution is -2.05. The third-order valence-corrected chi connectivity index (χ3v) is 4.07. The van der Waals surface area contributed by atoms with Gasteiger partial charge < -0.3 is 10.6 Å². The van der Waals surface area contributed by atoms with Crippen molar-refractivity contribution in [1.82, 2.24) is 15.2 Å². The van der Waals surface area contributed by atoms with Crippen molar-refractivity contribution in [2.45, 2.75) is 13.5 Å². The van der Waals surface area contributed by atoms with Gasteiger partial charge in [-0.25, -0.2) is 0 Å². The minimum absolute atomic E-state index is 0.377. The van der Waals surface area contributed by atoms with E-state index in [4.69, 9.17) is 23.2 Å². The van der Waals surface area contributed by atoms with Crippen molar-refractivity contribution >= 4 is 40.7 Å². The fourth-order valence-corrected chi connectivity index (χ4v) is 2.34. The van der Waals surface area contributed by atoms with Crippen LogP contribution in [0, 0.1) is 6.92 Å². The first-order chi connectivity index (χ1) is 11.6. The fraction of sp³-hybridized carbons (Fsp3) is 0.118. The van der Waals surface area contributed by atoms with Gasteiger partial charge in [-0.1, -0.05) is 53.0 Å². The van der Waals surface area contributed by atoms with E-state index in [1.54, 1.807) is 24.4 Å². The Kier molecular flexibility index (Phi) is 5.13. The molecule has 0 radical (unpaired) electrons. The average molecular weight is 360 g/mol. The number of rotatable bonds is 5. The van der Waals surface area contributed by atoms with Gasteiger partial charge in [0.2, 0.25) is 5.95 Å². The lowest BCUT2D eigenvalue weighted by atomic mass is 10.1. The molecule has 0 atom stereocenters. The molecular formula is C17H15Cl2N5. The summed E-state index contributed by atoms with van der Waals surface area (Å²) in [7, 11) is 0. The number of hydrogen-bond acceptors (Lipinski definition) is 5. The third-order valence-electron chi connectivity index (χ3n) is 3.33. The van der Waals surface area contributed by atoms with E-state index in [1.807, 2.05) is 0 Å². The van der Waals surface area contributed by atoms with Crippen molar-refractivity contribution in [1.29, 1.82) is 0 Å². The van der Waals surface area contributed by atoms with Crippen LogP contribution in [0.15, 0.2) is 48.7 Å². The normalized spacial score (nSPS) is 10.5. The molecule has 24 heavy (non-hydrogen) atoms. The molecule has 0 fully saturated rings. The fourth-order valence-electron chi connectivity index (χ4n) is 2.04. The van der Waals surface area contributed by atoms with Crippen LogP contribution in [0.2, 0.25) is 10.0 Å². The van der Waals surface area contributed by atoms with Crippen LogP contribution < -0.4 is 10.6 Å². The molecule has 3 aromatic rings. The van der Waals surface area contributed by atoms with Crippen molar-refractivity contribution in [2.75, 3.05) is 10.6 Å². The summed E-state index contributed by atoms with van der Waals surface area (Å²) < 4.78 is 0. The molecule has 2 N–H and O–H groups in total. The van der Waals surface area contributed by atoms with E-state index in [0.717, 1.165) is 5.69 Å². The maximum absolute atomic E-state index is 6.00. The summed E-state index contributed by atoms with van der Waals surface area (Å²) in [4.78, 5) is 4.38. The maximum Gasteiger partial charge on any atom is 0.249 e. The number of anilines is 3. The zero-order valence-corrected chi connectivity index (χ0v) is 14.4. The number of benzene rings is 2. The van der Waals surface area contributed by atoms with E-state index < -0.39 is 0 Å². The number of nitrogens with zero attached hydrogens (tertiary/aromatic N) is 3. The molecular weight excluding hydrogens is 345 g/mol. The van der Waals surface area contributed by atoms with E-state index >= 15 is 0 Å². The average Bonchev–Trinajstić information content (AvgIpc) is 2.58. The molecule has 0 saturated carbocycles. The molecule has 3 rings (SSSR count). The molecule has 5 nitrogen and oxygen atoms in total. The summed E-state index contributed by atoms with van der Waals surface area (Å²) in [6.45, 7) is 2.72. The van der Waals surface area contributed by atoms with Gasteiger partial charge in [-0.15, -0.1) is 5.10 Å². The van der Waals surface area contributed by atoms with Gasteiger partial charge in [-0.05, 0) is 30.7 Å². The van der Waals surface area contributed by atoms with Crippen molar-refractivity contribution in [3.8, 4) is 0 Å². The number of hydrogen-bond donors (Lipinski definition) is 2. The van der Waals surface area contributed by atoms with Crippen LogP contribution in [0.1, 0.15) is 11.1 Å². The lowest BCUT2D eigenvalue weighted by Gasteiger charge is -2.08. The van der Waals surface area contributed by atoms with Crippen LogP contribution in [-0.2, 0) is 6.54 Å². The van der Waals surface area contributed by atoms with Gasteiger partial charge in [0.05, 0.1) is 16.2 Å². The Labute approximate surface area is 150 Å². The van der Waals surface area contributed by atoms with Gasteiger partial charge >= 0.3 is 0 Å². The molecule has 0 aliphatic heterocycles. The second-order valence-electron chi connectivity index (χ2n) is 5.26. The topological polar surface area (TPSA) is 62.7 Å². The van der Waals surface area contributed by atoms with Crippen LogP contribution >= 0.6 is 23.2 Å². The first-order valence-corrected chi connectivity index (χ1v) is 8.07. The summed E-state index contributed by atoms with van der Waals surface area (Å²) in [5, 5.41) is 15.1. The highest BCUT2D eigenvalue weighted by Crippen LogP contribution is 2.26. The van der Waals surface area contributed by atoms with E-state index in [-0.39, 0.29) is 0 Å². The summed E-state index contributed by atoms with van der Waals surface area (Å²) >= 11 is 11.9. The Morgan fingerprint density at radius 3 is 2.54 bits per heavy atom. The van der Waals surface area contributed by atoms with Gasteiger partial charge in [0, 0.05) is 12.2 Å². The van der Waals surface area contributed by atoms with Crippen LogP contribution in [-0.4, -0.2) is 15.2 Å². The molecule has 122 valence electrons. The summed E-state index contributed by atoms with van der Waals surface area (Å²) in [6.07, 6.45) is 1.58. The largest absolute Gasteiger partial charge is 0.365 e. The minimum Gasteiger partial charge on any atom is -0.365 e. The number of nitrogens with one attached hydrogen (secondary N) is 2. The predicted octanol–water partition coefficient (Wildman–Crippen LogP) is 4.84. The van der Waals surface area contributed by atoms with Crippen LogP contribution in [0.4, 0.5) is 17.5 Å². The quantitative estimate of drug-likeness (QED) is 0.682. The van der Waals surface area contributed by atoms with E-state index in [2.05, 4.69) is 57.0 Å². The zero-order valence-electron chi connectivity index (χ0n) is 12.9. The smallest absolute Gasteiger partial charge is 0.249 e. The summed E-state index contributed by atoms with van der Waals surface area (Å²) in [6, 6.07) is 13.5. The van der Waals surface area contributed by atoms with Crippen molar-refractivity contribution in [2.24, 2.45) is 0 Å². The monoisotopic (exact) mass is 359 g/mol. The van der Waals surface area contributed by atoms with E-state index in [1.165, 1.54) is 11.1 Å². The Hall–Kier alpha value is -2.37. The molecule has 0 aliphatic rings. The summed E-state index contributed by atoms with van der Waals surface area (Å²) in [5.41, 5.74) is 3.13. The van der Waals surface area contributed by atoms with E-state index in [9.17, 15) is 0 Å². The Balaban J connectivity index is 1.67. The van der Waals surface area contributed by atoms with Crippen LogP contribution in [0.3, 0.4) is 0 Å².